The van der Waals surface area contributed by atoms with Gasteiger partial charge in [0, 0.05) is 12.8 Å². The Morgan fingerprint density at radius 2 is 0.955 bits per heavy atom. The van der Waals surface area contributed by atoms with Gasteiger partial charge >= 0.3 is 5.97 Å². The van der Waals surface area contributed by atoms with Gasteiger partial charge in [-0.2, -0.15) is 0 Å². The number of nitrogens with one attached hydrogen (secondary N) is 1. The van der Waals surface area contributed by atoms with Gasteiger partial charge in [0.1, 0.15) is 19.3 Å². The van der Waals surface area contributed by atoms with E-state index in [1.54, 1.807) is 0 Å². The molecule has 9 nitrogen and oxygen atoms in total. The molecule has 0 aliphatic rings. The standard InChI is InChI=1S/C57H103N2O7P/c1-7-10-13-16-19-22-25-26-27-28-29-30-31-32-35-37-40-43-46-49-56(60)58-54(53-65-67(62,63)64-52-51-59(4,5)6)55(48-45-42-39-36-33-23-20-17-14-11-8-2)66-57(61)50-47-44-41-38-34-24-21-18-15-12-9-3/h10,13,19,22,26-27,29-30,32,35,45,48,54-55H,7-9,11-12,14-18,20-21,23-25,28,31,33-34,36-44,46-47,49-53H2,1-6H3,(H-,58,60,62,63)/b13-10-,22-19-,27-26-,30-29-,35-32-,48-45-. The molecule has 388 valence electrons. The summed E-state index contributed by atoms with van der Waals surface area (Å²) >= 11 is 0. The Bertz CT molecular complexity index is 1380. The van der Waals surface area contributed by atoms with Crippen molar-refractivity contribution in [1.82, 2.24) is 5.32 Å². The van der Waals surface area contributed by atoms with Crippen molar-refractivity contribution in [1.29, 1.82) is 0 Å². The molecule has 0 radical (unpaired) electrons. The van der Waals surface area contributed by atoms with Crippen molar-refractivity contribution in [2.75, 3.05) is 40.9 Å². The van der Waals surface area contributed by atoms with Crippen molar-refractivity contribution in [3.63, 3.8) is 0 Å². The number of phosphoric ester groups is 1. The Balaban J connectivity index is 5.39. The van der Waals surface area contributed by atoms with E-state index in [2.05, 4.69) is 86.8 Å². The summed E-state index contributed by atoms with van der Waals surface area (Å²) in [5.74, 6) is -0.582. The molecule has 0 spiro atoms. The summed E-state index contributed by atoms with van der Waals surface area (Å²) in [4.78, 5) is 39.7. The van der Waals surface area contributed by atoms with Crippen LogP contribution in [-0.4, -0.2) is 69.4 Å². The van der Waals surface area contributed by atoms with Crippen LogP contribution in [0.4, 0.5) is 0 Å². The van der Waals surface area contributed by atoms with Crippen LogP contribution in [0.3, 0.4) is 0 Å². The first-order valence-corrected chi connectivity index (χ1v) is 28.7. The SMILES string of the molecule is CC/C=C\C/C=C\C/C=C\C/C=C\C/C=C\CCCCCC(=O)NC(COP(=O)([O-])OCC[N+](C)(C)C)C(/C=C\CCCCCCCCCCC)OC(=O)CCCCCCCCCCCCC. The number of allylic oxidation sites excluding steroid dienone is 11. The lowest BCUT2D eigenvalue weighted by Gasteiger charge is -2.30. The fraction of sp³-hybridized carbons (Fsp3) is 0.754. The number of hydrogen-bond donors (Lipinski definition) is 1. The summed E-state index contributed by atoms with van der Waals surface area (Å²) in [6, 6.07) is -0.904. The predicted octanol–water partition coefficient (Wildman–Crippen LogP) is 15.5. The van der Waals surface area contributed by atoms with E-state index >= 15 is 0 Å². The largest absolute Gasteiger partial charge is 0.756 e. The zero-order chi connectivity index (χ0) is 49.4. The number of nitrogens with zero attached hydrogens (tertiary/aromatic N) is 1. The number of phosphoric acid groups is 1. The highest BCUT2D eigenvalue weighted by molar-refractivity contribution is 7.45. The minimum atomic E-state index is -4.70. The van der Waals surface area contributed by atoms with Gasteiger partial charge in [0.15, 0.2) is 0 Å². The van der Waals surface area contributed by atoms with E-state index in [-0.39, 0.29) is 31.3 Å². The normalized spacial score (nSPS) is 14.4. The van der Waals surface area contributed by atoms with Gasteiger partial charge in [-0.05, 0) is 76.7 Å². The topological polar surface area (TPSA) is 114 Å². The Kier molecular flexibility index (Phi) is 45.3. The number of rotatable bonds is 48. The van der Waals surface area contributed by atoms with Gasteiger partial charge in [-0.15, -0.1) is 0 Å². The van der Waals surface area contributed by atoms with Crippen LogP contribution in [0.25, 0.3) is 0 Å². The number of carbonyl (C=O) groups is 2. The number of likely N-dealkylation sites (N-methyl/N-ethyl adjacent to an activating group) is 1. The van der Waals surface area contributed by atoms with Crippen LogP contribution in [0, 0.1) is 0 Å². The second-order valence-corrected chi connectivity index (χ2v) is 20.8. The fourth-order valence-corrected chi connectivity index (χ4v) is 8.15. The molecule has 0 aromatic heterocycles. The van der Waals surface area contributed by atoms with Crippen molar-refractivity contribution in [3.8, 4) is 0 Å². The molecule has 3 unspecified atom stereocenters. The van der Waals surface area contributed by atoms with Crippen molar-refractivity contribution in [2.45, 2.75) is 238 Å². The molecule has 0 rings (SSSR count). The van der Waals surface area contributed by atoms with E-state index in [9.17, 15) is 19.0 Å². The molecule has 0 aromatic carbocycles. The highest BCUT2D eigenvalue weighted by atomic mass is 31.2. The smallest absolute Gasteiger partial charge is 0.306 e. The van der Waals surface area contributed by atoms with Gasteiger partial charge in [0.2, 0.25) is 5.91 Å². The molecule has 0 saturated heterocycles. The highest BCUT2D eigenvalue weighted by Gasteiger charge is 2.27. The summed E-state index contributed by atoms with van der Waals surface area (Å²) in [5.41, 5.74) is 0. The van der Waals surface area contributed by atoms with Crippen LogP contribution in [0.1, 0.15) is 226 Å². The van der Waals surface area contributed by atoms with Crippen LogP contribution in [0.2, 0.25) is 0 Å². The lowest BCUT2D eigenvalue weighted by Crippen LogP contribution is -2.47. The van der Waals surface area contributed by atoms with Gasteiger partial charge in [-0.25, -0.2) is 0 Å². The lowest BCUT2D eigenvalue weighted by atomic mass is 10.0. The Labute approximate surface area is 413 Å². The van der Waals surface area contributed by atoms with Gasteiger partial charge in [-0.1, -0.05) is 210 Å². The average molecular weight is 959 g/mol. The molecule has 67 heavy (non-hydrogen) atoms. The number of hydrogen-bond acceptors (Lipinski definition) is 7. The zero-order valence-corrected chi connectivity index (χ0v) is 45.0. The summed E-state index contributed by atoms with van der Waals surface area (Å²) in [6.45, 7) is 6.67. The molecule has 0 fully saturated rings. The quantitative estimate of drug-likeness (QED) is 0.0212. The van der Waals surface area contributed by atoms with Crippen LogP contribution in [0.15, 0.2) is 72.9 Å². The molecule has 1 N–H and O–H groups in total. The Morgan fingerprint density at radius 1 is 0.537 bits per heavy atom. The molecule has 0 bridgehead atoms. The molecular formula is C57H103N2O7P. The van der Waals surface area contributed by atoms with E-state index in [0.717, 1.165) is 89.9 Å². The first-order valence-electron chi connectivity index (χ1n) is 27.2. The molecule has 0 aromatic rings. The molecule has 10 heteroatoms. The third-order valence-corrected chi connectivity index (χ3v) is 12.6. The maximum absolute atomic E-state index is 13.4. The summed E-state index contributed by atoms with van der Waals surface area (Å²) in [6.07, 6.45) is 58.7. The van der Waals surface area contributed by atoms with Crippen LogP contribution < -0.4 is 10.2 Å². The van der Waals surface area contributed by atoms with Crippen molar-refractivity contribution in [3.05, 3.63) is 72.9 Å². The molecule has 0 aliphatic carbocycles. The van der Waals surface area contributed by atoms with E-state index in [1.165, 1.54) is 96.3 Å². The molecule has 0 heterocycles. The molecule has 0 saturated carbocycles. The van der Waals surface area contributed by atoms with Crippen molar-refractivity contribution < 1.29 is 37.3 Å². The summed E-state index contributed by atoms with van der Waals surface area (Å²) < 4.78 is 30.1. The molecular weight excluding hydrogens is 856 g/mol. The summed E-state index contributed by atoms with van der Waals surface area (Å²) in [5, 5.41) is 2.99. The second-order valence-electron chi connectivity index (χ2n) is 19.4. The Hall–Kier alpha value is -2.55. The monoisotopic (exact) mass is 959 g/mol. The molecule has 0 aliphatic heterocycles. The third kappa shape index (κ3) is 48.3. The maximum Gasteiger partial charge on any atom is 0.306 e. The molecule has 1 amide bonds. The number of ether oxygens (including phenoxy) is 1. The van der Waals surface area contributed by atoms with Crippen molar-refractivity contribution >= 4 is 19.7 Å². The predicted molar refractivity (Wildman–Crippen MR) is 284 cm³/mol. The zero-order valence-electron chi connectivity index (χ0n) is 44.1. The number of carbonyl (C=O) groups excluding carboxylic acids is 2. The van der Waals surface area contributed by atoms with E-state index in [1.807, 2.05) is 33.3 Å². The van der Waals surface area contributed by atoms with E-state index in [4.69, 9.17) is 13.8 Å². The van der Waals surface area contributed by atoms with Crippen molar-refractivity contribution in [2.24, 2.45) is 0 Å². The minimum Gasteiger partial charge on any atom is -0.756 e. The first-order chi connectivity index (χ1) is 32.4. The second kappa shape index (κ2) is 47.1. The number of quaternary nitrogens is 1. The molecule has 3 atom stereocenters. The Morgan fingerprint density at radius 3 is 1.45 bits per heavy atom. The van der Waals surface area contributed by atoms with Crippen LogP contribution in [-0.2, 0) is 27.9 Å². The first kappa shape index (κ1) is 64.5. The van der Waals surface area contributed by atoms with Gasteiger partial charge in [-0.3, -0.25) is 14.2 Å². The van der Waals surface area contributed by atoms with Gasteiger partial charge in [0.05, 0.1) is 33.8 Å². The van der Waals surface area contributed by atoms with Gasteiger partial charge < -0.3 is 28.5 Å². The highest BCUT2D eigenvalue weighted by Crippen LogP contribution is 2.38. The fourth-order valence-electron chi connectivity index (χ4n) is 7.43. The third-order valence-electron chi connectivity index (χ3n) is 11.7. The van der Waals surface area contributed by atoms with Gasteiger partial charge in [0.25, 0.3) is 7.82 Å². The minimum absolute atomic E-state index is 0.0308. The van der Waals surface area contributed by atoms with Crippen LogP contribution >= 0.6 is 7.82 Å². The lowest BCUT2D eigenvalue weighted by molar-refractivity contribution is -0.870. The number of unbranched alkanes of at least 4 members (excludes halogenated alkanes) is 22. The average Bonchev–Trinajstić information content (AvgIpc) is 3.28. The number of esters is 1. The maximum atomic E-state index is 13.4. The number of amides is 1. The summed E-state index contributed by atoms with van der Waals surface area (Å²) in [7, 11) is 1.16. The van der Waals surface area contributed by atoms with E-state index < -0.39 is 26.6 Å². The van der Waals surface area contributed by atoms with Crippen LogP contribution in [0.5, 0.6) is 0 Å². The van der Waals surface area contributed by atoms with E-state index in [0.29, 0.717) is 17.4 Å².